The van der Waals surface area contributed by atoms with Crippen LogP contribution in [0.25, 0.3) is 0 Å². The predicted octanol–water partition coefficient (Wildman–Crippen LogP) is 1.89. The molecule has 0 radical (unpaired) electrons. The molecule has 1 amide bonds. The Hall–Kier alpha value is -1.51. The van der Waals surface area contributed by atoms with E-state index in [0.717, 1.165) is 29.0 Å². The van der Waals surface area contributed by atoms with E-state index in [1.165, 1.54) is 0 Å². The maximum absolute atomic E-state index is 11.2. The fourth-order valence-corrected chi connectivity index (χ4v) is 1.85. The first-order valence-corrected chi connectivity index (χ1v) is 4.68. The number of nitrogens with one attached hydrogen (secondary N) is 1. The molecule has 74 valence electrons. The van der Waals surface area contributed by atoms with E-state index in [2.05, 4.69) is 5.32 Å². The summed E-state index contributed by atoms with van der Waals surface area (Å²) in [6.07, 6.45) is 1.32. The van der Waals surface area contributed by atoms with Gasteiger partial charge in [-0.05, 0) is 25.0 Å². The predicted molar refractivity (Wildman–Crippen MR) is 54.7 cm³/mol. The van der Waals surface area contributed by atoms with Crippen LogP contribution in [0.1, 0.15) is 17.5 Å². The third kappa shape index (κ3) is 1.35. The Morgan fingerprint density at radius 3 is 2.86 bits per heavy atom. The lowest BCUT2D eigenvalue weighted by molar-refractivity contribution is -0.116. The minimum atomic E-state index is 0.0865. The smallest absolute Gasteiger partial charge is 0.224 e. The Bertz CT molecular complexity index is 385. The number of fused-ring (bicyclic) bond motifs is 1. The average Bonchev–Trinajstić information content (AvgIpc) is 2.18. The fraction of sp³-hybridized carbons (Fsp3) is 0.364. The van der Waals surface area contributed by atoms with Crippen molar-refractivity contribution in [2.75, 3.05) is 12.4 Å². The van der Waals surface area contributed by atoms with E-state index in [4.69, 9.17) is 4.74 Å². The first-order chi connectivity index (χ1) is 6.72. The summed E-state index contributed by atoms with van der Waals surface area (Å²) in [5, 5.41) is 2.84. The highest BCUT2D eigenvalue weighted by Crippen LogP contribution is 2.33. The van der Waals surface area contributed by atoms with Crippen LogP contribution in [0, 0.1) is 6.92 Å². The summed E-state index contributed by atoms with van der Waals surface area (Å²) in [5.74, 6) is 0.992. The minimum Gasteiger partial charge on any atom is -0.496 e. The zero-order chi connectivity index (χ0) is 10.1. The van der Waals surface area contributed by atoms with Gasteiger partial charge in [0.2, 0.25) is 5.91 Å². The maximum Gasteiger partial charge on any atom is 0.224 e. The molecule has 0 aliphatic carbocycles. The van der Waals surface area contributed by atoms with Crippen molar-refractivity contribution in [1.29, 1.82) is 0 Å². The average molecular weight is 191 g/mol. The van der Waals surface area contributed by atoms with Crippen molar-refractivity contribution in [2.45, 2.75) is 19.8 Å². The number of methoxy groups -OCH3 is 1. The van der Waals surface area contributed by atoms with Gasteiger partial charge in [0.15, 0.2) is 0 Å². The van der Waals surface area contributed by atoms with Gasteiger partial charge in [0.05, 0.1) is 7.11 Å². The second-order valence-corrected chi connectivity index (χ2v) is 3.49. The number of hydrogen-bond donors (Lipinski definition) is 1. The molecule has 0 fully saturated rings. The van der Waals surface area contributed by atoms with Crippen LogP contribution in [-0.2, 0) is 11.2 Å². The molecule has 0 bridgehead atoms. The van der Waals surface area contributed by atoms with Gasteiger partial charge in [-0.15, -0.1) is 0 Å². The lowest BCUT2D eigenvalue weighted by atomic mass is 9.99. The standard InChI is InChI=1S/C11H13NO2/c1-7-3-5-9-8(11(7)14-2)4-6-10(13)12-9/h3,5H,4,6H2,1-2H3,(H,12,13). The van der Waals surface area contributed by atoms with Gasteiger partial charge in [0.25, 0.3) is 0 Å². The molecule has 3 nitrogen and oxygen atoms in total. The molecule has 1 N–H and O–H groups in total. The molecule has 0 saturated heterocycles. The highest BCUT2D eigenvalue weighted by atomic mass is 16.5. The van der Waals surface area contributed by atoms with E-state index < -0.39 is 0 Å². The van der Waals surface area contributed by atoms with Gasteiger partial charge < -0.3 is 10.1 Å². The molecule has 1 heterocycles. The van der Waals surface area contributed by atoms with E-state index in [1.54, 1.807) is 7.11 Å². The number of hydrogen-bond acceptors (Lipinski definition) is 2. The van der Waals surface area contributed by atoms with Crippen molar-refractivity contribution in [2.24, 2.45) is 0 Å². The van der Waals surface area contributed by atoms with Gasteiger partial charge in [0.1, 0.15) is 5.75 Å². The summed E-state index contributed by atoms with van der Waals surface area (Å²) in [5.41, 5.74) is 3.12. The quantitative estimate of drug-likeness (QED) is 0.736. The molecular formula is C11H13NO2. The van der Waals surface area contributed by atoms with Gasteiger partial charge in [-0.3, -0.25) is 4.79 Å². The topological polar surface area (TPSA) is 38.3 Å². The number of aryl methyl sites for hydroxylation is 1. The van der Waals surface area contributed by atoms with Crippen LogP contribution < -0.4 is 10.1 Å². The molecule has 3 heteroatoms. The van der Waals surface area contributed by atoms with Gasteiger partial charge in [0, 0.05) is 17.7 Å². The third-order valence-electron chi connectivity index (χ3n) is 2.54. The van der Waals surface area contributed by atoms with Crippen LogP contribution in [0.3, 0.4) is 0 Å². The molecule has 14 heavy (non-hydrogen) atoms. The Balaban J connectivity index is 2.52. The number of ether oxygens (including phenoxy) is 1. The van der Waals surface area contributed by atoms with E-state index in [1.807, 2.05) is 19.1 Å². The van der Waals surface area contributed by atoms with E-state index in [0.29, 0.717) is 6.42 Å². The van der Waals surface area contributed by atoms with Crippen LogP contribution in [0.5, 0.6) is 5.75 Å². The highest BCUT2D eigenvalue weighted by molar-refractivity contribution is 5.94. The summed E-state index contributed by atoms with van der Waals surface area (Å²) in [6.45, 7) is 2.01. The molecule has 0 spiro atoms. The second-order valence-electron chi connectivity index (χ2n) is 3.49. The monoisotopic (exact) mass is 191 g/mol. The van der Waals surface area contributed by atoms with Crippen LogP contribution in [0.2, 0.25) is 0 Å². The van der Waals surface area contributed by atoms with Crippen molar-refractivity contribution in [3.8, 4) is 5.75 Å². The minimum absolute atomic E-state index is 0.0865. The van der Waals surface area contributed by atoms with Crippen molar-refractivity contribution in [3.05, 3.63) is 23.3 Å². The number of carbonyl (C=O) groups excluding carboxylic acids is 1. The normalized spacial score (nSPS) is 14.6. The number of anilines is 1. The van der Waals surface area contributed by atoms with E-state index in [-0.39, 0.29) is 5.91 Å². The second kappa shape index (κ2) is 3.33. The van der Waals surface area contributed by atoms with E-state index >= 15 is 0 Å². The third-order valence-corrected chi connectivity index (χ3v) is 2.54. The van der Waals surface area contributed by atoms with Gasteiger partial charge in [-0.1, -0.05) is 6.07 Å². The number of carbonyl (C=O) groups is 1. The molecular weight excluding hydrogens is 178 g/mol. The summed E-state index contributed by atoms with van der Waals surface area (Å²) in [6, 6.07) is 3.90. The Labute approximate surface area is 83.1 Å². The molecule has 2 rings (SSSR count). The molecule has 0 saturated carbocycles. The largest absolute Gasteiger partial charge is 0.496 e. The SMILES string of the molecule is COc1c(C)ccc2c1CCC(=O)N2. The number of benzene rings is 1. The summed E-state index contributed by atoms with van der Waals surface area (Å²) in [4.78, 5) is 11.2. The maximum atomic E-state index is 11.2. The summed E-state index contributed by atoms with van der Waals surface area (Å²) >= 11 is 0. The van der Waals surface area contributed by atoms with Crippen molar-refractivity contribution in [3.63, 3.8) is 0 Å². The Morgan fingerprint density at radius 2 is 2.14 bits per heavy atom. The van der Waals surface area contributed by atoms with Crippen molar-refractivity contribution in [1.82, 2.24) is 0 Å². The molecule has 0 aromatic heterocycles. The molecule has 1 aliphatic heterocycles. The van der Waals surface area contributed by atoms with Gasteiger partial charge in [-0.25, -0.2) is 0 Å². The Kier molecular flexibility index (Phi) is 2.15. The van der Waals surface area contributed by atoms with Crippen LogP contribution in [0.15, 0.2) is 12.1 Å². The number of amides is 1. The zero-order valence-electron chi connectivity index (χ0n) is 8.39. The first-order valence-electron chi connectivity index (χ1n) is 4.68. The van der Waals surface area contributed by atoms with Gasteiger partial charge in [-0.2, -0.15) is 0 Å². The highest BCUT2D eigenvalue weighted by Gasteiger charge is 2.19. The summed E-state index contributed by atoms with van der Waals surface area (Å²) in [7, 11) is 1.67. The van der Waals surface area contributed by atoms with Crippen LogP contribution in [0.4, 0.5) is 5.69 Å². The van der Waals surface area contributed by atoms with E-state index in [9.17, 15) is 4.79 Å². The van der Waals surface area contributed by atoms with Crippen LogP contribution >= 0.6 is 0 Å². The van der Waals surface area contributed by atoms with Gasteiger partial charge >= 0.3 is 0 Å². The number of rotatable bonds is 1. The van der Waals surface area contributed by atoms with Crippen LogP contribution in [-0.4, -0.2) is 13.0 Å². The molecule has 0 unspecified atom stereocenters. The summed E-state index contributed by atoms with van der Waals surface area (Å²) < 4.78 is 5.33. The first kappa shape index (κ1) is 9.06. The Morgan fingerprint density at radius 1 is 1.36 bits per heavy atom. The van der Waals surface area contributed by atoms with Crippen molar-refractivity contribution >= 4 is 11.6 Å². The molecule has 1 aromatic rings. The lowest BCUT2D eigenvalue weighted by Gasteiger charge is -2.20. The van der Waals surface area contributed by atoms with Crippen molar-refractivity contribution < 1.29 is 9.53 Å². The molecule has 1 aliphatic rings. The zero-order valence-corrected chi connectivity index (χ0v) is 8.39. The lowest BCUT2D eigenvalue weighted by Crippen LogP contribution is -2.19. The fourth-order valence-electron chi connectivity index (χ4n) is 1.85. The molecule has 1 aromatic carbocycles. The molecule has 0 atom stereocenters.